The SMILES string of the molecule is CC(C)OC(=O)c1c(NC(=O)c2cnn3c2N[C@H](c2ccccc2)C[C@@H]3C(F)(F)F)sc2c1CCCC2. The number of thiophene rings is 1. The first kappa shape index (κ1) is 25.3. The van der Waals surface area contributed by atoms with Gasteiger partial charge in [-0.25, -0.2) is 9.48 Å². The van der Waals surface area contributed by atoms with Crippen LogP contribution in [0.15, 0.2) is 36.5 Å². The molecular formula is C26H27F3N4O3S. The molecule has 1 aliphatic carbocycles. The molecule has 5 rings (SSSR count). The molecule has 37 heavy (non-hydrogen) atoms. The fourth-order valence-corrected chi connectivity index (χ4v) is 6.22. The van der Waals surface area contributed by atoms with Crippen LogP contribution in [0.5, 0.6) is 0 Å². The van der Waals surface area contributed by atoms with Gasteiger partial charge in [0.15, 0.2) is 6.04 Å². The van der Waals surface area contributed by atoms with Crippen LogP contribution in [0.1, 0.15) is 81.9 Å². The molecule has 196 valence electrons. The van der Waals surface area contributed by atoms with Crippen molar-refractivity contribution in [1.82, 2.24) is 9.78 Å². The van der Waals surface area contributed by atoms with Crippen LogP contribution in [0, 0.1) is 0 Å². The summed E-state index contributed by atoms with van der Waals surface area (Å²) in [4.78, 5) is 27.4. The summed E-state index contributed by atoms with van der Waals surface area (Å²) >= 11 is 1.32. The fraction of sp³-hybridized carbons (Fsp3) is 0.423. The molecule has 3 aromatic rings. The van der Waals surface area contributed by atoms with Gasteiger partial charge in [-0.05, 0) is 50.7 Å². The zero-order chi connectivity index (χ0) is 26.3. The van der Waals surface area contributed by atoms with E-state index in [-0.39, 0.29) is 23.9 Å². The number of ether oxygens (including phenoxy) is 1. The smallest absolute Gasteiger partial charge is 0.410 e. The van der Waals surface area contributed by atoms with Crippen LogP contribution in [-0.4, -0.2) is 33.9 Å². The number of aromatic nitrogens is 2. The van der Waals surface area contributed by atoms with Gasteiger partial charge in [-0.15, -0.1) is 11.3 Å². The van der Waals surface area contributed by atoms with E-state index in [1.165, 1.54) is 11.3 Å². The summed E-state index contributed by atoms with van der Waals surface area (Å²) in [5.74, 6) is -1.16. The van der Waals surface area contributed by atoms with Gasteiger partial charge < -0.3 is 15.4 Å². The standard InChI is InChI=1S/C26H27F3N4O3S/c1-14(2)36-25(35)21-16-10-6-7-11-19(16)37-24(21)32-23(34)17-13-30-33-20(26(27,28)29)12-18(31-22(17)33)15-8-4-3-5-9-15/h3-5,8-9,13-14,18,20,31H,6-7,10-12H2,1-2H3,(H,32,34)/t18-,20+/m0/s1. The third-order valence-corrected chi connectivity index (χ3v) is 7.84. The molecule has 2 aliphatic rings. The minimum Gasteiger partial charge on any atom is -0.459 e. The number of alkyl halides is 3. The summed E-state index contributed by atoms with van der Waals surface area (Å²) in [5, 5.41) is 10.2. The van der Waals surface area contributed by atoms with E-state index in [1.807, 2.05) is 0 Å². The molecule has 7 nitrogen and oxygen atoms in total. The van der Waals surface area contributed by atoms with Crippen molar-refractivity contribution in [1.29, 1.82) is 0 Å². The van der Waals surface area contributed by atoms with Crippen LogP contribution in [-0.2, 0) is 17.6 Å². The monoisotopic (exact) mass is 532 g/mol. The Morgan fingerprint density at radius 3 is 2.62 bits per heavy atom. The van der Waals surface area contributed by atoms with Crippen molar-refractivity contribution in [3.05, 3.63) is 63.7 Å². The molecule has 0 fully saturated rings. The van der Waals surface area contributed by atoms with Crippen LogP contribution < -0.4 is 10.6 Å². The molecule has 2 aromatic heterocycles. The van der Waals surface area contributed by atoms with Gasteiger partial charge in [0.25, 0.3) is 5.91 Å². The number of anilines is 2. The summed E-state index contributed by atoms with van der Waals surface area (Å²) in [5.41, 5.74) is 1.88. The number of amides is 1. The molecule has 0 spiro atoms. The predicted octanol–water partition coefficient (Wildman–Crippen LogP) is 6.30. The molecule has 3 heterocycles. The number of nitrogens with zero attached hydrogens (tertiary/aromatic N) is 2. The maximum Gasteiger partial charge on any atom is 0.410 e. The number of nitrogens with one attached hydrogen (secondary N) is 2. The molecule has 0 saturated carbocycles. The number of aryl methyl sites for hydroxylation is 1. The van der Waals surface area contributed by atoms with Crippen molar-refractivity contribution in [2.75, 3.05) is 10.6 Å². The average Bonchev–Trinajstić information content (AvgIpc) is 3.44. The van der Waals surface area contributed by atoms with E-state index in [4.69, 9.17) is 4.74 Å². The Bertz CT molecular complexity index is 1320. The first-order chi connectivity index (χ1) is 17.6. The Morgan fingerprint density at radius 1 is 1.19 bits per heavy atom. The quantitative estimate of drug-likeness (QED) is 0.377. The van der Waals surface area contributed by atoms with E-state index in [0.29, 0.717) is 22.5 Å². The largest absolute Gasteiger partial charge is 0.459 e. The summed E-state index contributed by atoms with van der Waals surface area (Å²) in [6.45, 7) is 3.50. The Balaban J connectivity index is 1.49. The van der Waals surface area contributed by atoms with Crippen molar-refractivity contribution in [3.63, 3.8) is 0 Å². The fourth-order valence-electron chi connectivity index (χ4n) is 4.95. The highest BCUT2D eigenvalue weighted by Gasteiger charge is 2.47. The number of hydrogen-bond donors (Lipinski definition) is 2. The maximum absolute atomic E-state index is 14.0. The van der Waals surface area contributed by atoms with E-state index in [9.17, 15) is 22.8 Å². The van der Waals surface area contributed by atoms with Crippen molar-refractivity contribution in [2.45, 2.75) is 70.3 Å². The lowest BCUT2D eigenvalue weighted by atomic mass is 9.95. The highest BCUT2D eigenvalue weighted by Crippen LogP contribution is 2.45. The van der Waals surface area contributed by atoms with Gasteiger partial charge in [-0.2, -0.15) is 18.3 Å². The number of hydrogen-bond acceptors (Lipinski definition) is 6. The molecule has 1 aliphatic heterocycles. The number of esters is 1. The Kier molecular flexibility index (Phi) is 6.74. The summed E-state index contributed by atoms with van der Waals surface area (Å²) in [7, 11) is 0. The first-order valence-corrected chi connectivity index (χ1v) is 13.1. The van der Waals surface area contributed by atoms with Crippen LogP contribution in [0.4, 0.5) is 24.0 Å². The molecular weight excluding hydrogens is 505 g/mol. The molecule has 0 bridgehead atoms. The van der Waals surface area contributed by atoms with Crippen LogP contribution in [0.3, 0.4) is 0 Å². The van der Waals surface area contributed by atoms with E-state index < -0.39 is 30.1 Å². The number of benzene rings is 1. The number of fused-ring (bicyclic) bond motifs is 2. The van der Waals surface area contributed by atoms with Gasteiger partial charge in [0, 0.05) is 11.3 Å². The van der Waals surface area contributed by atoms with Crippen LogP contribution in [0.25, 0.3) is 0 Å². The van der Waals surface area contributed by atoms with E-state index in [2.05, 4.69) is 15.7 Å². The molecule has 1 aromatic carbocycles. The van der Waals surface area contributed by atoms with Gasteiger partial charge in [0.1, 0.15) is 16.4 Å². The van der Waals surface area contributed by atoms with E-state index >= 15 is 0 Å². The van der Waals surface area contributed by atoms with Gasteiger partial charge in [0.2, 0.25) is 0 Å². The molecule has 11 heteroatoms. The van der Waals surface area contributed by atoms with Crippen molar-refractivity contribution < 1.29 is 27.5 Å². The number of carbonyl (C=O) groups excluding carboxylic acids is 2. The van der Waals surface area contributed by atoms with E-state index in [1.54, 1.807) is 44.2 Å². The molecule has 0 unspecified atom stereocenters. The summed E-state index contributed by atoms with van der Waals surface area (Å²) < 4.78 is 48.3. The highest BCUT2D eigenvalue weighted by molar-refractivity contribution is 7.17. The first-order valence-electron chi connectivity index (χ1n) is 12.3. The van der Waals surface area contributed by atoms with Gasteiger partial charge in [0.05, 0.1) is 23.9 Å². The Morgan fingerprint density at radius 2 is 1.92 bits per heavy atom. The molecule has 2 atom stereocenters. The maximum atomic E-state index is 14.0. The normalized spacial score (nSPS) is 19.1. The van der Waals surface area contributed by atoms with Crippen LogP contribution >= 0.6 is 11.3 Å². The average molecular weight is 533 g/mol. The Labute approximate surface area is 216 Å². The zero-order valence-electron chi connectivity index (χ0n) is 20.4. The third-order valence-electron chi connectivity index (χ3n) is 6.63. The lowest BCUT2D eigenvalue weighted by molar-refractivity contribution is -0.173. The minimum absolute atomic E-state index is 0.00689. The molecule has 2 N–H and O–H groups in total. The number of halogens is 3. The van der Waals surface area contributed by atoms with Crippen LogP contribution in [0.2, 0.25) is 0 Å². The molecule has 0 radical (unpaired) electrons. The van der Waals surface area contributed by atoms with Gasteiger partial charge in [-0.1, -0.05) is 30.3 Å². The third kappa shape index (κ3) is 4.96. The second kappa shape index (κ2) is 9.85. The molecule has 0 saturated heterocycles. The summed E-state index contributed by atoms with van der Waals surface area (Å²) in [6.07, 6.45) is -0.578. The molecule has 1 amide bonds. The van der Waals surface area contributed by atoms with Crippen molar-refractivity contribution >= 4 is 34.0 Å². The van der Waals surface area contributed by atoms with Gasteiger partial charge in [-0.3, -0.25) is 4.79 Å². The highest BCUT2D eigenvalue weighted by atomic mass is 32.1. The number of rotatable bonds is 5. The predicted molar refractivity (Wildman–Crippen MR) is 134 cm³/mol. The second-order valence-electron chi connectivity index (χ2n) is 9.58. The minimum atomic E-state index is -4.55. The lowest BCUT2D eigenvalue weighted by Gasteiger charge is -2.34. The topological polar surface area (TPSA) is 85.2 Å². The second-order valence-corrected chi connectivity index (χ2v) is 10.7. The van der Waals surface area contributed by atoms with Crippen molar-refractivity contribution in [3.8, 4) is 0 Å². The number of carbonyl (C=O) groups is 2. The van der Waals surface area contributed by atoms with Gasteiger partial charge >= 0.3 is 12.1 Å². The summed E-state index contributed by atoms with van der Waals surface area (Å²) in [6, 6.07) is 6.26. The van der Waals surface area contributed by atoms with Crippen molar-refractivity contribution in [2.24, 2.45) is 0 Å². The zero-order valence-corrected chi connectivity index (χ0v) is 21.2. The Hall–Kier alpha value is -3.34. The van der Waals surface area contributed by atoms with E-state index in [0.717, 1.165) is 40.6 Å². The lowest BCUT2D eigenvalue weighted by Crippen LogP contribution is -2.36.